The number of benzene rings is 2. The summed E-state index contributed by atoms with van der Waals surface area (Å²) in [4.78, 5) is 18.9. The highest BCUT2D eigenvalue weighted by atomic mass is 32.2. The van der Waals surface area contributed by atoms with Crippen molar-refractivity contribution in [1.82, 2.24) is 15.2 Å². The van der Waals surface area contributed by atoms with Crippen molar-refractivity contribution in [3.05, 3.63) is 84.1 Å². The second-order valence-corrected chi connectivity index (χ2v) is 8.24. The molecule has 0 aliphatic rings. The van der Waals surface area contributed by atoms with E-state index in [2.05, 4.69) is 20.5 Å². The highest BCUT2D eigenvalue weighted by Gasteiger charge is 2.15. The molecule has 2 aromatic carbocycles. The molecule has 1 unspecified atom stereocenters. The van der Waals surface area contributed by atoms with Crippen molar-refractivity contribution >= 4 is 23.5 Å². The quantitative estimate of drug-likeness (QED) is 0.472. The van der Waals surface area contributed by atoms with E-state index in [0.29, 0.717) is 6.54 Å². The summed E-state index contributed by atoms with van der Waals surface area (Å²) in [6.45, 7) is 0.486. The van der Waals surface area contributed by atoms with E-state index in [1.54, 1.807) is 25.1 Å². The van der Waals surface area contributed by atoms with E-state index >= 15 is 0 Å². The first-order valence-corrected chi connectivity index (χ1v) is 11.0. The standard InChI is InChI=1S/C24H28N4O2S/c1-28(2)22(19-10-12-21(30-3)13-11-19)16-26-24(29)27-20-8-6-7-18(15-20)17-31-23-9-4-5-14-25-23/h4-15,22H,16-17H2,1-3H3,(H2,26,27,29). The SMILES string of the molecule is COc1ccc(C(CNC(=O)Nc2cccc(CSc3ccccn3)c2)N(C)C)cc1. The topological polar surface area (TPSA) is 66.5 Å². The fraction of sp³-hybridized carbons (Fsp3) is 0.250. The van der Waals surface area contributed by atoms with Crippen LogP contribution in [0.25, 0.3) is 0 Å². The van der Waals surface area contributed by atoms with Gasteiger partial charge < -0.3 is 20.3 Å². The Hall–Kier alpha value is -3.03. The largest absolute Gasteiger partial charge is 0.497 e. The lowest BCUT2D eigenvalue weighted by molar-refractivity contribution is 0.243. The molecule has 0 spiro atoms. The third-order valence-corrected chi connectivity index (χ3v) is 5.80. The van der Waals surface area contributed by atoms with Crippen molar-refractivity contribution < 1.29 is 9.53 Å². The minimum Gasteiger partial charge on any atom is -0.497 e. The van der Waals surface area contributed by atoms with Crippen LogP contribution in [0, 0.1) is 0 Å². The third kappa shape index (κ3) is 7.01. The number of pyridine rings is 1. The zero-order valence-electron chi connectivity index (χ0n) is 18.0. The van der Waals surface area contributed by atoms with E-state index in [-0.39, 0.29) is 12.1 Å². The average molecular weight is 437 g/mol. The third-order valence-electron chi connectivity index (χ3n) is 4.79. The lowest BCUT2D eigenvalue weighted by Crippen LogP contribution is -2.36. The van der Waals surface area contributed by atoms with Crippen LogP contribution in [-0.4, -0.2) is 43.7 Å². The van der Waals surface area contributed by atoms with Gasteiger partial charge in [-0.2, -0.15) is 0 Å². The predicted molar refractivity (Wildman–Crippen MR) is 127 cm³/mol. The van der Waals surface area contributed by atoms with Gasteiger partial charge in [0, 0.05) is 24.2 Å². The second-order valence-electron chi connectivity index (χ2n) is 7.24. The van der Waals surface area contributed by atoms with Crippen LogP contribution in [0.5, 0.6) is 5.75 Å². The summed E-state index contributed by atoms with van der Waals surface area (Å²) in [6, 6.07) is 21.5. The molecule has 0 fully saturated rings. The number of ether oxygens (including phenoxy) is 1. The Morgan fingerprint density at radius 3 is 2.58 bits per heavy atom. The number of aromatic nitrogens is 1. The van der Waals surface area contributed by atoms with Gasteiger partial charge in [-0.3, -0.25) is 0 Å². The Morgan fingerprint density at radius 2 is 1.90 bits per heavy atom. The van der Waals surface area contributed by atoms with Gasteiger partial charge in [0.15, 0.2) is 0 Å². The molecule has 7 heteroatoms. The maximum Gasteiger partial charge on any atom is 0.319 e. The number of methoxy groups -OCH3 is 1. The molecule has 0 radical (unpaired) electrons. The van der Waals surface area contributed by atoms with Gasteiger partial charge in [-0.25, -0.2) is 9.78 Å². The van der Waals surface area contributed by atoms with Crippen LogP contribution in [0.15, 0.2) is 78.0 Å². The van der Waals surface area contributed by atoms with Crippen LogP contribution >= 0.6 is 11.8 Å². The Morgan fingerprint density at radius 1 is 1.10 bits per heavy atom. The summed E-state index contributed by atoms with van der Waals surface area (Å²) in [5.41, 5.74) is 3.00. The van der Waals surface area contributed by atoms with Gasteiger partial charge in [0.05, 0.1) is 18.2 Å². The maximum atomic E-state index is 12.5. The molecule has 1 atom stereocenters. The lowest BCUT2D eigenvalue weighted by atomic mass is 10.1. The van der Waals surface area contributed by atoms with Gasteiger partial charge in [-0.1, -0.05) is 30.3 Å². The number of carbonyl (C=O) groups excluding carboxylic acids is 1. The molecular weight excluding hydrogens is 408 g/mol. The molecule has 2 amide bonds. The van der Waals surface area contributed by atoms with E-state index in [9.17, 15) is 4.79 Å². The first-order chi connectivity index (χ1) is 15.0. The highest BCUT2D eigenvalue weighted by molar-refractivity contribution is 7.98. The van der Waals surface area contributed by atoms with Crippen LogP contribution in [0.1, 0.15) is 17.2 Å². The minimum atomic E-state index is -0.227. The van der Waals surface area contributed by atoms with E-state index in [4.69, 9.17) is 4.74 Å². The Labute approximate surface area is 188 Å². The molecule has 3 rings (SSSR count). The zero-order valence-corrected chi connectivity index (χ0v) is 18.9. The summed E-state index contributed by atoms with van der Waals surface area (Å²) in [6.07, 6.45) is 1.79. The number of hydrogen-bond acceptors (Lipinski definition) is 5. The monoisotopic (exact) mass is 436 g/mol. The summed E-state index contributed by atoms with van der Waals surface area (Å²) < 4.78 is 5.23. The summed E-state index contributed by atoms with van der Waals surface area (Å²) in [5, 5.41) is 6.89. The molecule has 2 N–H and O–H groups in total. The molecule has 0 saturated heterocycles. The number of carbonyl (C=O) groups is 1. The molecule has 3 aromatic rings. The van der Waals surface area contributed by atoms with Crippen molar-refractivity contribution in [1.29, 1.82) is 0 Å². The van der Waals surface area contributed by atoms with E-state index in [1.165, 1.54) is 0 Å². The average Bonchev–Trinajstić information content (AvgIpc) is 2.79. The van der Waals surface area contributed by atoms with Crippen LogP contribution in [0.3, 0.4) is 0 Å². The molecule has 0 aliphatic carbocycles. The van der Waals surface area contributed by atoms with Crippen molar-refractivity contribution in [2.45, 2.75) is 16.8 Å². The molecule has 1 aromatic heterocycles. The molecule has 162 valence electrons. The Bertz CT molecular complexity index is 965. The first-order valence-electron chi connectivity index (χ1n) is 10.0. The number of nitrogens with zero attached hydrogens (tertiary/aromatic N) is 2. The van der Waals surface area contributed by atoms with Crippen molar-refractivity contribution in [2.75, 3.05) is 33.1 Å². The normalized spacial score (nSPS) is 11.7. The molecule has 0 aliphatic heterocycles. The van der Waals surface area contributed by atoms with Crippen molar-refractivity contribution in [3.63, 3.8) is 0 Å². The van der Waals surface area contributed by atoms with Crippen LogP contribution in [0.2, 0.25) is 0 Å². The molecule has 0 bridgehead atoms. The number of amides is 2. The summed E-state index contributed by atoms with van der Waals surface area (Å²) >= 11 is 1.66. The zero-order chi connectivity index (χ0) is 22.1. The second kappa shape index (κ2) is 11.4. The Balaban J connectivity index is 1.54. The number of urea groups is 1. The van der Waals surface area contributed by atoms with E-state index in [1.807, 2.05) is 80.8 Å². The number of thioether (sulfide) groups is 1. The molecular formula is C24H28N4O2S. The predicted octanol–water partition coefficient (Wildman–Crippen LogP) is 4.81. The number of nitrogens with one attached hydrogen (secondary N) is 2. The van der Waals surface area contributed by atoms with Gasteiger partial charge >= 0.3 is 6.03 Å². The van der Waals surface area contributed by atoms with E-state index in [0.717, 1.165) is 33.3 Å². The fourth-order valence-electron chi connectivity index (χ4n) is 3.12. The fourth-order valence-corrected chi connectivity index (χ4v) is 3.92. The van der Waals surface area contributed by atoms with Crippen LogP contribution in [-0.2, 0) is 5.75 Å². The Kier molecular flexibility index (Phi) is 8.32. The number of anilines is 1. The summed E-state index contributed by atoms with van der Waals surface area (Å²) in [7, 11) is 5.64. The van der Waals surface area contributed by atoms with Crippen LogP contribution in [0.4, 0.5) is 10.5 Å². The minimum absolute atomic E-state index is 0.0535. The smallest absolute Gasteiger partial charge is 0.319 e. The van der Waals surface area contributed by atoms with Gasteiger partial charge in [0.25, 0.3) is 0 Å². The van der Waals surface area contributed by atoms with E-state index < -0.39 is 0 Å². The van der Waals surface area contributed by atoms with Gasteiger partial charge in [0.1, 0.15) is 5.75 Å². The molecule has 0 saturated carbocycles. The number of rotatable bonds is 9. The van der Waals surface area contributed by atoms with Crippen LogP contribution < -0.4 is 15.4 Å². The highest BCUT2D eigenvalue weighted by Crippen LogP contribution is 2.23. The maximum absolute atomic E-state index is 12.5. The molecule has 6 nitrogen and oxygen atoms in total. The van der Waals surface area contributed by atoms with Gasteiger partial charge in [0.2, 0.25) is 0 Å². The first kappa shape index (κ1) is 22.7. The van der Waals surface area contributed by atoms with Gasteiger partial charge in [-0.15, -0.1) is 11.8 Å². The molecule has 1 heterocycles. The lowest BCUT2D eigenvalue weighted by Gasteiger charge is -2.25. The van der Waals surface area contributed by atoms with Crippen molar-refractivity contribution in [3.8, 4) is 5.75 Å². The van der Waals surface area contributed by atoms with Gasteiger partial charge in [-0.05, 0) is 61.6 Å². The number of likely N-dealkylation sites (N-methyl/N-ethyl adjacent to an activating group) is 1. The number of hydrogen-bond donors (Lipinski definition) is 2. The summed E-state index contributed by atoms with van der Waals surface area (Å²) in [5.74, 6) is 1.60. The van der Waals surface area contributed by atoms with Crippen molar-refractivity contribution in [2.24, 2.45) is 0 Å². The molecule has 31 heavy (non-hydrogen) atoms.